The smallest absolute Gasteiger partial charge is 0.124 e. The molecule has 0 saturated carbocycles. The number of benzene rings is 1. The van der Waals surface area contributed by atoms with Crippen LogP contribution >= 0.6 is 11.6 Å². The summed E-state index contributed by atoms with van der Waals surface area (Å²) in [5.41, 5.74) is 1.21. The first kappa shape index (κ1) is 11.0. The molecule has 1 aromatic carbocycles. The Hall–Kier alpha value is -1.46. The van der Waals surface area contributed by atoms with Gasteiger partial charge in [0.1, 0.15) is 5.82 Å². The van der Waals surface area contributed by atoms with Crippen molar-refractivity contribution < 1.29 is 9.50 Å². The lowest BCUT2D eigenvalue weighted by molar-refractivity contribution is 0.298. The zero-order chi connectivity index (χ0) is 11.5. The predicted molar refractivity (Wildman–Crippen MR) is 57.1 cm³/mol. The average molecular weight is 242 g/mol. The minimum absolute atomic E-state index is 0.00977. The summed E-state index contributed by atoms with van der Waals surface area (Å²) in [4.78, 5) is 0. The molecule has 84 valence electrons. The van der Waals surface area contributed by atoms with Crippen molar-refractivity contribution in [3.63, 3.8) is 0 Å². The molecule has 0 aliphatic carbocycles. The molecule has 0 unspecified atom stereocenters. The Balaban J connectivity index is 2.35. The molecule has 2 aromatic rings. The zero-order valence-electron chi connectivity index (χ0n) is 8.27. The van der Waals surface area contributed by atoms with E-state index >= 15 is 0 Å². The van der Waals surface area contributed by atoms with Gasteiger partial charge in [0.15, 0.2) is 0 Å². The van der Waals surface area contributed by atoms with Crippen LogP contribution in [0.5, 0.6) is 0 Å². The normalized spacial score (nSPS) is 10.7. The van der Waals surface area contributed by atoms with Crippen LogP contribution in [0.25, 0.3) is 5.69 Å². The van der Waals surface area contributed by atoms with Gasteiger partial charge in [-0.15, -0.1) is 5.10 Å². The Kier molecular flexibility index (Phi) is 3.17. The van der Waals surface area contributed by atoms with Crippen LogP contribution in [0.4, 0.5) is 4.39 Å². The summed E-state index contributed by atoms with van der Waals surface area (Å²) in [6.07, 6.45) is 2.08. The molecule has 0 atom stereocenters. The van der Waals surface area contributed by atoms with Gasteiger partial charge in [-0.1, -0.05) is 16.8 Å². The SMILES string of the molecule is OCCc1cn(-c2ccc(F)cc2Cl)nn1. The van der Waals surface area contributed by atoms with Gasteiger partial charge in [-0.05, 0) is 18.2 Å². The van der Waals surface area contributed by atoms with Crippen molar-refractivity contribution >= 4 is 11.6 Å². The maximum Gasteiger partial charge on any atom is 0.124 e. The molecule has 0 saturated heterocycles. The summed E-state index contributed by atoms with van der Waals surface area (Å²) in [5, 5.41) is 16.7. The fourth-order valence-corrected chi connectivity index (χ4v) is 1.57. The van der Waals surface area contributed by atoms with Gasteiger partial charge >= 0.3 is 0 Å². The number of hydrogen-bond acceptors (Lipinski definition) is 3. The van der Waals surface area contributed by atoms with Gasteiger partial charge in [0.2, 0.25) is 0 Å². The maximum absolute atomic E-state index is 12.8. The summed E-state index contributed by atoms with van der Waals surface area (Å²) in [5.74, 6) is -0.399. The molecule has 1 N–H and O–H groups in total. The molecule has 0 aliphatic rings. The second-order valence-electron chi connectivity index (χ2n) is 3.22. The second-order valence-corrected chi connectivity index (χ2v) is 3.63. The molecule has 0 radical (unpaired) electrons. The Bertz CT molecular complexity index is 501. The van der Waals surface area contributed by atoms with Gasteiger partial charge in [-0.25, -0.2) is 9.07 Å². The number of nitrogens with zero attached hydrogens (tertiary/aromatic N) is 3. The summed E-state index contributed by atoms with van der Waals surface area (Å²) in [6.45, 7) is 0.00977. The lowest BCUT2D eigenvalue weighted by atomic mass is 10.3. The van der Waals surface area contributed by atoms with E-state index in [2.05, 4.69) is 10.3 Å². The molecule has 6 heteroatoms. The van der Waals surface area contributed by atoms with Gasteiger partial charge in [0.25, 0.3) is 0 Å². The van der Waals surface area contributed by atoms with E-state index in [-0.39, 0.29) is 11.6 Å². The highest BCUT2D eigenvalue weighted by Gasteiger charge is 2.07. The van der Waals surface area contributed by atoms with Gasteiger partial charge in [-0.2, -0.15) is 0 Å². The van der Waals surface area contributed by atoms with Crippen LogP contribution in [-0.2, 0) is 6.42 Å². The number of hydrogen-bond donors (Lipinski definition) is 1. The summed E-state index contributed by atoms with van der Waals surface area (Å²) < 4.78 is 14.3. The van der Waals surface area contributed by atoms with Crippen molar-refractivity contribution in [1.29, 1.82) is 0 Å². The molecular formula is C10H9ClFN3O. The highest BCUT2D eigenvalue weighted by atomic mass is 35.5. The standard InChI is InChI=1S/C10H9ClFN3O/c11-9-5-7(12)1-2-10(9)15-6-8(3-4-16)13-14-15/h1-2,5-6,16H,3-4H2. The minimum Gasteiger partial charge on any atom is -0.396 e. The number of halogens is 2. The molecule has 0 aliphatic heterocycles. The fourth-order valence-electron chi connectivity index (χ4n) is 1.31. The Labute approximate surface area is 96.3 Å². The molecule has 4 nitrogen and oxygen atoms in total. The van der Waals surface area contributed by atoms with Crippen LogP contribution in [0.3, 0.4) is 0 Å². The van der Waals surface area contributed by atoms with E-state index in [1.807, 2.05) is 0 Å². The predicted octanol–water partition coefficient (Wildman–Crippen LogP) is 1.59. The highest BCUT2D eigenvalue weighted by Crippen LogP contribution is 2.20. The maximum atomic E-state index is 12.8. The molecule has 1 aromatic heterocycles. The van der Waals surface area contributed by atoms with Crippen LogP contribution in [-0.4, -0.2) is 26.7 Å². The lowest BCUT2D eigenvalue weighted by Crippen LogP contribution is -1.96. The van der Waals surface area contributed by atoms with Crippen LogP contribution < -0.4 is 0 Å². The minimum atomic E-state index is -0.399. The third-order valence-corrected chi connectivity index (χ3v) is 2.37. The largest absolute Gasteiger partial charge is 0.396 e. The van der Waals surface area contributed by atoms with Crippen molar-refractivity contribution in [2.75, 3.05) is 6.61 Å². The first-order chi connectivity index (χ1) is 7.70. The quantitative estimate of drug-likeness (QED) is 0.888. The zero-order valence-corrected chi connectivity index (χ0v) is 9.02. The number of aliphatic hydroxyl groups excluding tert-OH is 1. The van der Waals surface area contributed by atoms with Crippen LogP contribution in [0, 0.1) is 5.82 Å². The van der Waals surface area contributed by atoms with E-state index in [1.165, 1.54) is 22.9 Å². The Morgan fingerprint density at radius 2 is 2.25 bits per heavy atom. The van der Waals surface area contributed by atoms with Crippen molar-refractivity contribution in [2.45, 2.75) is 6.42 Å². The van der Waals surface area contributed by atoms with E-state index in [0.717, 1.165) is 0 Å². The van der Waals surface area contributed by atoms with E-state index in [0.29, 0.717) is 17.8 Å². The first-order valence-electron chi connectivity index (χ1n) is 4.68. The Morgan fingerprint density at radius 1 is 1.44 bits per heavy atom. The summed E-state index contributed by atoms with van der Waals surface area (Å²) >= 11 is 5.87. The van der Waals surface area contributed by atoms with Gasteiger partial charge in [0.05, 0.1) is 22.6 Å². The molecule has 1 heterocycles. The van der Waals surface area contributed by atoms with E-state index in [9.17, 15) is 4.39 Å². The van der Waals surface area contributed by atoms with Crippen molar-refractivity contribution in [3.05, 3.63) is 40.9 Å². The molecule has 0 bridgehead atoms. The van der Waals surface area contributed by atoms with Crippen molar-refractivity contribution in [1.82, 2.24) is 15.0 Å². The third kappa shape index (κ3) is 2.20. The number of rotatable bonds is 3. The van der Waals surface area contributed by atoms with E-state index < -0.39 is 5.82 Å². The second kappa shape index (κ2) is 4.59. The fraction of sp³-hybridized carbons (Fsp3) is 0.200. The number of aliphatic hydroxyl groups is 1. The lowest BCUT2D eigenvalue weighted by Gasteiger charge is -2.02. The molecular weight excluding hydrogens is 233 g/mol. The van der Waals surface area contributed by atoms with Crippen molar-refractivity contribution in [2.24, 2.45) is 0 Å². The summed E-state index contributed by atoms with van der Waals surface area (Å²) in [7, 11) is 0. The van der Waals surface area contributed by atoms with Crippen LogP contribution in [0.15, 0.2) is 24.4 Å². The monoisotopic (exact) mass is 241 g/mol. The number of aromatic nitrogens is 3. The van der Waals surface area contributed by atoms with Crippen molar-refractivity contribution in [3.8, 4) is 5.69 Å². The molecule has 0 spiro atoms. The van der Waals surface area contributed by atoms with E-state index in [4.69, 9.17) is 16.7 Å². The Morgan fingerprint density at radius 3 is 2.94 bits per heavy atom. The third-order valence-electron chi connectivity index (χ3n) is 2.07. The average Bonchev–Trinajstić information content (AvgIpc) is 2.67. The van der Waals surface area contributed by atoms with Gasteiger partial charge < -0.3 is 5.11 Å². The van der Waals surface area contributed by atoms with E-state index in [1.54, 1.807) is 6.20 Å². The van der Waals surface area contributed by atoms with Gasteiger partial charge in [-0.3, -0.25) is 0 Å². The first-order valence-corrected chi connectivity index (χ1v) is 5.06. The molecule has 2 rings (SSSR count). The molecule has 0 fully saturated rings. The molecule has 0 amide bonds. The van der Waals surface area contributed by atoms with Crippen LogP contribution in [0.2, 0.25) is 5.02 Å². The topological polar surface area (TPSA) is 50.9 Å². The molecule has 16 heavy (non-hydrogen) atoms. The van der Waals surface area contributed by atoms with Crippen LogP contribution in [0.1, 0.15) is 5.69 Å². The summed E-state index contributed by atoms with van der Waals surface area (Å²) in [6, 6.07) is 4.04. The van der Waals surface area contributed by atoms with Gasteiger partial charge in [0, 0.05) is 13.0 Å². The highest BCUT2D eigenvalue weighted by molar-refractivity contribution is 6.32.